The van der Waals surface area contributed by atoms with Crippen LogP contribution in [-0.4, -0.2) is 13.0 Å². The molecule has 0 heterocycles. The number of benzene rings is 2. The number of ether oxygens (including phenoxy) is 1. The molecule has 0 spiro atoms. The summed E-state index contributed by atoms with van der Waals surface area (Å²) < 4.78 is 31.3. The van der Waals surface area contributed by atoms with Gasteiger partial charge in [0.05, 0.1) is 7.11 Å². The zero-order valence-corrected chi connectivity index (χ0v) is 12.2. The molecule has 0 aliphatic rings. The van der Waals surface area contributed by atoms with Crippen molar-refractivity contribution in [3.05, 3.63) is 65.2 Å². The molecule has 0 aromatic heterocycles. The maximum atomic E-state index is 13.4. The molecule has 5 heteroatoms. The summed E-state index contributed by atoms with van der Waals surface area (Å²) in [5.74, 6) is -0.739. The van der Waals surface area contributed by atoms with Gasteiger partial charge in [0.25, 0.3) is 0 Å². The number of hydrogen-bond donors (Lipinski definition) is 1. The Bertz CT molecular complexity index is 659. The maximum absolute atomic E-state index is 13.4. The number of carbonyl (C=O) groups excluding carboxylic acids is 1. The first kappa shape index (κ1) is 15.9. The van der Waals surface area contributed by atoms with Crippen LogP contribution in [0.2, 0.25) is 0 Å². The van der Waals surface area contributed by atoms with E-state index < -0.39 is 11.6 Å². The molecule has 0 saturated heterocycles. The average Bonchev–Trinajstić information content (AvgIpc) is 2.52. The summed E-state index contributed by atoms with van der Waals surface area (Å²) in [5.41, 5.74) is 1.25. The molecular formula is C17H17F2NO2. The van der Waals surface area contributed by atoms with Crippen LogP contribution in [0.4, 0.5) is 8.78 Å². The van der Waals surface area contributed by atoms with Gasteiger partial charge in [-0.3, -0.25) is 4.79 Å². The van der Waals surface area contributed by atoms with Crippen LogP contribution in [0.5, 0.6) is 5.75 Å². The summed E-state index contributed by atoms with van der Waals surface area (Å²) in [6.45, 7) is 0.0447. The average molecular weight is 305 g/mol. The third-order valence-electron chi connectivity index (χ3n) is 3.27. The van der Waals surface area contributed by atoms with E-state index >= 15 is 0 Å². The Morgan fingerprint density at radius 1 is 1.18 bits per heavy atom. The molecule has 1 N–H and O–H groups in total. The van der Waals surface area contributed by atoms with E-state index in [2.05, 4.69) is 5.32 Å². The molecule has 22 heavy (non-hydrogen) atoms. The molecule has 2 rings (SSSR count). The van der Waals surface area contributed by atoms with E-state index in [1.54, 1.807) is 7.11 Å². The van der Waals surface area contributed by atoms with Gasteiger partial charge in [-0.2, -0.15) is 0 Å². The smallest absolute Gasteiger partial charge is 0.220 e. The number of rotatable bonds is 6. The number of methoxy groups -OCH3 is 1. The Labute approximate surface area is 127 Å². The number of nitrogens with one attached hydrogen (secondary N) is 1. The van der Waals surface area contributed by atoms with Crippen molar-refractivity contribution in [2.75, 3.05) is 7.11 Å². The molecule has 116 valence electrons. The van der Waals surface area contributed by atoms with Gasteiger partial charge in [-0.1, -0.05) is 18.2 Å². The lowest BCUT2D eigenvalue weighted by molar-refractivity contribution is -0.121. The van der Waals surface area contributed by atoms with Crippen molar-refractivity contribution in [1.29, 1.82) is 0 Å². The summed E-state index contributed by atoms with van der Waals surface area (Å²) in [4.78, 5) is 11.8. The molecule has 0 radical (unpaired) electrons. The first-order chi connectivity index (χ1) is 10.6. The monoisotopic (exact) mass is 305 g/mol. The van der Waals surface area contributed by atoms with Gasteiger partial charge < -0.3 is 10.1 Å². The molecular weight excluding hydrogens is 288 g/mol. The van der Waals surface area contributed by atoms with Gasteiger partial charge >= 0.3 is 0 Å². The van der Waals surface area contributed by atoms with Crippen molar-refractivity contribution in [3.63, 3.8) is 0 Å². The minimum Gasteiger partial charge on any atom is -0.497 e. The molecule has 0 bridgehead atoms. The van der Waals surface area contributed by atoms with Crippen molar-refractivity contribution in [2.45, 2.75) is 19.4 Å². The molecule has 0 aliphatic heterocycles. The van der Waals surface area contributed by atoms with Crippen LogP contribution in [0.3, 0.4) is 0 Å². The standard InChI is InChI=1S/C17H17F2NO2/c1-22-15-4-2-3-12(9-15)5-8-17(21)20-11-13-6-7-14(18)10-16(13)19/h2-4,6-7,9-10H,5,8,11H2,1H3,(H,20,21). The Balaban J connectivity index is 1.82. The molecule has 0 saturated carbocycles. The third-order valence-corrected chi connectivity index (χ3v) is 3.27. The first-order valence-electron chi connectivity index (χ1n) is 6.92. The van der Waals surface area contributed by atoms with Crippen molar-refractivity contribution in [2.24, 2.45) is 0 Å². The minimum absolute atomic E-state index is 0.0447. The Hall–Kier alpha value is -2.43. The number of halogens is 2. The minimum atomic E-state index is -0.659. The highest BCUT2D eigenvalue weighted by Gasteiger charge is 2.07. The highest BCUT2D eigenvalue weighted by atomic mass is 19.1. The number of carbonyl (C=O) groups is 1. The lowest BCUT2D eigenvalue weighted by Crippen LogP contribution is -2.23. The third kappa shape index (κ3) is 4.55. The second-order valence-electron chi connectivity index (χ2n) is 4.86. The maximum Gasteiger partial charge on any atom is 0.220 e. The summed E-state index contributed by atoms with van der Waals surface area (Å²) in [6, 6.07) is 10.8. The highest BCUT2D eigenvalue weighted by Crippen LogP contribution is 2.14. The molecule has 0 aliphatic carbocycles. The van der Waals surface area contributed by atoms with Gasteiger partial charge in [-0.05, 0) is 30.2 Å². The normalized spacial score (nSPS) is 10.3. The second-order valence-corrected chi connectivity index (χ2v) is 4.86. The number of amides is 1. The predicted molar refractivity (Wildman–Crippen MR) is 79.5 cm³/mol. The lowest BCUT2D eigenvalue weighted by Gasteiger charge is -2.07. The molecule has 2 aromatic rings. The Morgan fingerprint density at radius 3 is 2.73 bits per heavy atom. The van der Waals surface area contributed by atoms with Gasteiger partial charge in [-0.25, -0.2) is 8.78 Å². The van der Waals surface area contributed by atoms with Crippen molar-refractivity contribution in [1.82, 2.24) is 5.32 Å². The van der Waals surface area contributed by atoms with Crippen LogP contribution in [-0.2, 0) is 17.8 Å². The topological polar surface area (TPSA) is 38.3 Å². The van der Waals surface area contributed by atoms with E-state index in [0.29, 0.717) is 6.42 Å². The molecule has 0 fully saturated rings. The summed E-state index contributed by atoms with van der Waals surface area (Å²) in [7, 11) is 1.59. The van der Waals surface area contributed by atoms with Crippen LogP contribution < -0.4 is 10.1 Å². The lowest BCUT2D eigenvalue weighted by atomic mass is 10.1. The van der Waals surface area contributed by atoms with E-state index in [0.717, 1.165) is 17.4 Å². The van der Waals surface area contributed by atoms with E-state index in [1.807, 2.05) is 24.3 Å². The van der Waals surface area contributed by atoms with Gasteiger partial charge in [0.15, 0.2) is 0 Å². The van der Waals surface area contributed by atoms with Crippen LogP contribution in [0.15, 0.2) is 42.5 Å². The Kier molecular flexibility index (Phi) is 5.47. The SMILES string of the molecule is COc1cccc(CCC(=O)NCc2ccc(F)cc2F)c1. The zero-order chi connectivity index (χ0) is 15.9. The molecule has 3 nitrogen and oxygen atoms in total. The molecule has 1 amide bonds. The van der Waals surface area contributed by atoms with Crippen molar-refractivity contribution >= 4 is 5.91 Å². The summed E-state index contributed by atoms with van der Waals surface area (Å²) in [5, 5.41) is 2.63. The second kappa shape index (κ2) is 7.54. The first-order valence-corrected chi connectivity index (χ1v) is 6.92. The van der Waals surface area contributed by atoms with E-state index in [-0.39, 0.29) is 24.4 Å². The molecule has 0 atom stereocenters. The number of hydrogen-bond acceptors (Lipinski definition) is 2. The van der Waals surface area contributed by atoms with Crippen molar-refractivity contribution in [3.8, 4) is 5.75 Å². The summed E-state index contributed by atoms with van der Waals surface area (Å²) >= 11 is 0. The van der Waals surface area contributed by atoms with E-state index in [1.165, 1.54) is 12.1 Å². The van der Waals surface area contributed by atoms with Crippen LogP contribution >= 0.6 is 0 Å². The van der Waals surface area contributed by atoms with Gasteiger partial charge in [0, 0.05) is 24.6 Å². The fraction of sp³-hybridized carbons (Fsp3) is 0.235. The van der Waals surface area contributed by atoms with E-state index in [9.17, 15) is 13.6 Å². The van der Waals surface area contributed by atoms with Crippen LogP contribution in [0, 0.1) is 11.6 Å². The fourth-order valence-electron chi connectivity index (χ4n) is 2.03. The quantitative estimate of drug-likeness (QED) is 0.890. The fourth-order valence-corrected chi connectivity index (χ4v) is 2.03. The zero-order valence-electron chi connectivity index (χ0n) is 12.2. The van der Waals surface area contributed by atoms with Gasteiger partial charge in [0.1, 0.15) is 17.4 Å². The molecule has 0 unspecified atom stereocenters. The van der Waals surface area contributed by atoms with Crippen LogP contribution in [0.1, 0.15) is 17.5 Å². The van der Waals surface area contributed by atoms with Crippen molar-refractivity contribution < 1.29 is 18.3 Å². The predicted octanol–water partition coefficient (Wildman–Crippen LogP) is 3.22. The Morgan fingerprint density at radius 2 is 2.00 bits per heavy atom. The van der Waals surface area contributed by atoms with Gasteiger partial charge in [-0.15, -0.1) is 0 Å². The van der Waals surface area contributed by atoms with E-state index in [4.69, 9.17) is 4.74 Å². The van der Waals surface area contributed by atoms with Gasteiger partial charge in [0.2, 0.25) is 5.91 Å². The largest absolute Gasteiger partial charge is 0.497 e. The summed E-state index contributed by atoms with van der Waals surface area (Å²) in [6.07, 6.45) is 0.852. The highest BCUT2D eigenvalue weighted by molar-refractivity contribution is 5.76. The number of aryl methyl sites for hydroxylation is 1. The molecule has 2 aromatic carbocycles. The van der Waals surface area contributed by atoms with Crippen LogP contribution in [0.25, 0.3) is 0 Å².